The Labute approximate surface area is 92.4 Å². The molecular weight excluding hydrogens is 182 g/mol. The van der Waals surface area contributed by atoms with E-state index in [1.165, 1.54) is 11.3 Å². The summed E-state index contributed by atoms with van der Waals surface area (Å²) < 4.78 is 2.11. The second-order valence-corrected chi connectivity index (χ2v) is 3.11. The molecule has 1 heterocycles. The minimum atomic E-state index is 1.10. The monoisotopic (exact) mass is 201 g/mol. The van der Waals surface area contributed by atoms with Crippen molar-refractivity contribution in [1.82, 2.24) is 4.57 Å². The molecule has 2 aromatic rings. The van der Waals surface area contributed by atoms with Crippen molar-refractivity contribution in [2.24, 2.45) is 0 Å². The fraction of sp³-hybridized carbons (Fsp3) is 0.286. The first-order valence-electron chi connectivity index (χ1n) is 5.62. The van der Waals surface area contributed by atoms with Gasteiger partial charge < -0.3 is 4.57 Å². The van der Waals surface area contributed by atoms with Gasteiger partial charge in [-0.3, -0.25) is 0 Å². The van der Waals surface area contributed by atoms with Gasteiger partial charge in [0.1, 0.15) is 0 Å². The molecule has 15 heavy (non-hydrogen) atoms. The summed E-state index contributed by atoms with van der Waals surface area (Å²) in [5.41, 5.74) is 2.61. The first-order valence-corrected chi connectivity index (χ1v) is 5.62. The van der Waals surface area contributed by atoms with Gasteiger partial charge in [-0.05, 0) is 36.2 Å². The summed E-state index contributed by atoms with van der Waals surface area (Å²) in [5.74, 6) is 0. The minimum Gasteiger partial charge on any atom is -0.324 e. The highest BCUT2D eigenvalue weighted by atomic mass is 14.9. The van der Waals surface area contributed by atoms with E-state index >= 15 is 0 Å². The van der Waals surface area contributed by atoms with E-state index in [2.05, 4.69) is 48.1 Å². The summed E-state index contributed by atoms with van der Waals surface area (Å²) in [6.45, 7) is 6.17. The third-order valence-corrected chi connectivity index (χ3v) is 2.25. The van der Waals surface area contributed by atoms with Crippen LogP contribution in [0.25, 0.3) is 5.69 Å². The Morgan fingerprint density at radius 1 is 0.933 bits per heavy atom. The van der Waals surface area contributed by atoms with E-state index in [0.29, 0.717) is 0 Å². The molecule has 1 aromatic heterocycles. The van der Waals surface area contributed by atoms with Crippen LogP contribution in [0, 0.1) is 0 Å². The van der Waals surface area contributed by atoms with E-state index in [1.54, 1.807) is 0 Å². The lowest BCUT2D eigenvalue weighted by Gasteiger charge is -2.03. The van der Waals surface area contributed by atoms with Crippen LogP contribution in [0.15, 0.2) is 48.8 Å². The van der Waals surface area contributed by atoms with Gasteiger partial charge in [0.25, 0.3) is 0 Å². The molecule has 0 bridgehead atoms. The molecule has 0 aliphatic rings. The van der Waals surface area contributed by atoms with Crippen molar-refractivity contribution >= 4 is 0 Å². The lowest BCUT2D eigenvalue weighted by Crippen LogP contribution is -1.89. The molecule has 0 amide bonds. The fourth-order valence-electron chi connectivity index (χ4n) is 1.41. The highest BCUT2D eigenvalue weighted by molar-refractivity contribution is 5.35. The van der Waals surface area contributed by atoms with Gasteiger partial charge in [-0.1, -0.05) is 32.9 Å². The highest BCUT2D eigenvalue weighted by Crippen LogP contribution is 2.09. The summed E-state index contributed by atoms with van der Waals surface area (Å²) in [6, 6.07) is 12.7. The number of aromatic nitrogens is 1. The molecule has 0 unspecified atom stereocenters. The van der Waals surface area contributed by atoms with Crippen molar-refractivity contribution < 1.29 is 0 Å². The molecule has 0 radical (unpaired) electrons. The summed E-state index contributed by atoms with van der Waals surface area (Å²) in [4.78, 5) is 0. The topological polar surface area (TPSA) is 4.93 Å². The molecule has 0 saturated carbocycles. The first-order chi connectivity index (χ1) is 7.40. The second-order valence-electron chi connectivity index (χ2n) is 3.11. The van der Waals surface area contributed by atoms with Gasteiger partial charge in [0, 0.05) is 18.1 Å². The summed E-state index contributed by atoms with van der Waals surface area (Å²) in [7, 11) is 0. The van der Waals surface area contributed by atoms with E-state index in [-0.39, 0.29) is 0 Å². The summed E-state index contributed by atoms with van der Waals surface area (Å²) in [5, 5.41) is 0. The van der Waals surface area contributed by atoms with Crippen molar-refractivity contribution in [3.05, 3.63) is 54.4 Å². The SMILES string of the molecule is CC.CCc1ccc(-n2cccc2)cc1. The van der Waals surface area contributed by atoms with Crippen molar-refractivity contribution in [1.29, 1.82) is 0 Å². The van der Waals surface area contributed by atoms with Gasteiger partial charge in [-0.2, -0.15) is 0 Å². The van der Waals surface area contributed by atoms with Gasteiger partial charge in [0.15, 0.2) is 0 Å². The molecule has 1 aromatic carbocycles. The summed E-state index contributed by atoms with van der Waals surface area (Å²) in [6.07, 6.45) is 5.22. The lowest BCUT2D eigenvalue weighted by atomic mass is 10.1. The fourth-order valence-corrected chi connectivity index (χ4v) is 1.41. The normalized spacial score (nSPS) is 9.27. The van der Waals surface area contributed by atoms with Crippen LogP contribution in [-0.4, -0.2) is 4.57 Å². The molecule has 0 fully saturated rings. The predicted octanol–water partition coefficient (Wildman–Crippen LogP) is 4.07. The van der Waals surface area contributed by atoms with Crippen LogP contribution >= 0.6 is 0 Å². The van der Waals surface area contributed by atoms with Crippen molar-refractivity contribution in [3.63, 3.8) is 0 Å². The number of rotatable bonds is 2. The van der Waals surface area contributed by atoms with Crippen LogP contribution in [0.2, 0.25) is 0 Å². The Morgan fingerprint density at radius 3 is 1.93 bits per heavy atom. The van der Waals surface area contributed by atoms with E-state index in [9.17, 15) is 0 Å². The molecule has 1 nitrogen and oxygen atoms in total. The van der Waals surface area contributed by atoms with Crippen LogP contribution in [0.4, 0.5) is 0 Å². The number of aryl methyl sites for hydroxylation is 1. The molecule has 0 N–H and O–H groups in total. The van der Waals surface area contributed by atoms with Crippen LogP contribution in [0.5, 0.6) is 0 Å². The molecule has 1 heteroatoms. The Balaban J connectivity index is 0.000000531. The van der Waals surface area contributed by atoms with Gasteiger partial charge in [0.2, 0.25) is 0 Å². The number of hydrogen-bond acceptors (Lipinski definition) is 0. The Bertz CT molecular complexity index is 357. The van der Waals surface area contributed by atoms with E-state index in [0.717, 1.165) is 6.42 Å². The molecule has 0 spiro atoms. The van der Waals surface area contributed by atoms with Gasteiger partial charge in [-0.15, -0.1) is 0 Å². The Hall–Kier alpha value is -1.50. The largest absolute Gasteiger partial charge is 0.324 e. The predicted molar refractivity (Wildman–Crippen MR) is 66.5 cm³/mol. The van der Waals surface area contributed by atoms with Crippen molar-refractivity contribution in [2.45, 2.75) is 27.2 Å². The minimum absolute atomic E-state index is 1.10. The quantitative estimate of drug-likeness (QED) is 0.690. The van der Waals surface area contributed by atoms with E-state index in [1.807, 2.05) is 26.0 Å². The van der Waals surface area contributed by atoms with Crippen LogP contribution in [0.1, 0.15) is 26.3 Å². The maximum absolute atomic E-state index is 2.18. The maximum Gasteiger partial charge on any atom is 0.0449 e. The standard InChI is InChI=1S/C12H13N.C2H6/c1-2-11-5-7-12(8-6-11)13-9-3-4-10-13;1-2/h3-10H,2H2,1H3;1-2H3. The molecule has 0 aliphatic heterocycles. The van der Waals surface area contributed by atoms with Gasteiger partial charge >= 0.3 is 0 Å². The lowest BCUT2D eigenvalue weighted by molar-refractivity contribution is 1.07. The smallest absolute Gasteiger partial charge is 0.0449 e. The van der Waals surface area contributed by atoms with Crippen molar-refractivity contribution in [3.8, 4) is 5.69 Å². The average Bonchev–Trinajstić information content (AvgIpc) is 2.85. The van der Waals surface area contributed by atoms with Crippen LogP contribution < -0.4 is 0 Å². The van der Waals surface area contributed by atoms with Gasteiger partial charge in [0.05, 0.1) is 0 Å². The molecule has 0 aliphatic carbocycles. The number of hydrogen-bond donors (Lipinski definition) is 0. The zero-order valence-corrected chi connectivity index (χ0v) is 9.77. The highest BCUT2D eigenvalue weighted by Gasteiger charge is 1.93. The van der Waals surface area contributed by atoms with E-state index < -0.39 is 0 Å². The first kappa shape index (κ1) is 11.6. The van der Waals surface area contributed by atoms with Gasteiger partial charge in [-0.25, -0.2) is 0 Å². The maximum atomic E-state index is 2.18. The second kappa shape index (κ2) is 6.07. The zero-order chi connectivity index (χ0) is 11.1. The van der Waals surface area contributed by atoms with E-state index in [4.69, 9.17) is 0 Å². The summed E-state index contributed by atoms with van der Waals surface area (Å²) >= 11 is 0. The number of benzene rings is 1. The third kappa shape index (κ3) is 2.98. The van der Waals surface area contributed by atoms with Crippen LogP contribution in [0.3, 0.4) is 0 Å². The third-order valence-electron chi connectivity index (χ3n) is 2.25. The molecule has 2 rings (SSSR count). The molecular formula is C14H19N. The number of nitrogens with zero attached hydrogens (tertiary/aromatic N) is 1. The molecule has 0 saturated heterocycles. The molecule has 80 valence electrons. The van der Waals surface area contributed by atoms with Crippen LogP contribution in [-0.2, 0) is 6.42 Å². The Kier molecular flexibility index (Phi) is 4.69. The zero-order valence-electron chi connectivity index (χ0n) is 9.77. The average molecular weight is 201 g/mol. The molecule has 0 atom stereocenters. The Morgan fingerprint density at radius 2 is 1.47 bits per heavy atom. The van der Waals surface area contributed by atoms with Crippen molar-refractivity contribution in [2.75, 3.05) is 0 Å².